The maximum absolute atomic E-state index is 11.9. The van der Waals surface area contributed by atoms with E-state index in [9.17, 15) is 9.90 Å². The van der Waals surface area contributed by atoms with Gasteiger partial charge in [-0.25, -0.2) is 0 Å². The predicted octanol–water partition coefficient (Wildman–Crippen LogP) is 1.88. The maximum Gasteiger partial charge on any atom is 0.224 e. The number of hydrogen-bond acceptors (Lipinski definition) is 2. The van der Waals surface area contributed by atoms with E-state index >= 15 is 0 Å². The molecule has 1 aromatic rings. The number of carbonyl (C=O) groups excluding carboxylic acids is 1. The van der Waals surface area contributed by atoms with E-state index in [-0.39, 0.29) is 29.9 Å². The number of hydrogen-bond donors (Lipinski definition) is 2. The number of aliphatic hydroxyl groups is 1. The van der Waals surface area contributed by atoms with Crippen LogP contribution in [0.5, 0.6) is 0 Å². The first kappa shape index (κ1) is 12.1. The second-order valence-electron chi connectivity index (χ2n) is 5.40. The van der Waals surface area contributed by atoms with Crippen molar-refractivity contribution in [2.75, 3.05) is 6.61 Å². The third-order valence-electron chi connectivity index (χ3n) is 3.53. The van der Waals surface area contributed by atoms with E-state index in [1.54, 1.807) is 0 Å². The van der Waals surface area contributed by atoms with Crippen LogP contribution in [0.25, 0.3) is 0 Å². The molecule has 2 N–H and O–H groups in total. The van der Waals surface area contributed by atoms with Crippen molar-refractivity contribution in [3.8, 4) is 0 Å². The van der Waals surface area contributed by atoms with Crippen molar-refractivity contribution in [1.82, 2.24) is 5.32 Å². The van der Waals surface area contributed by atoms with Crippen molar-refractivity contribution in [3.63, 3.8) is 0 Å². The Morgan fingerprint density at radius 2 is 2.06 bits per heavy atom. The molecule has 17 heavy (non-hydrogen) atoms. The lowest BCUT2D eigenvalue weighted by Gasteiger charge is -2.17. The molecule has 2 atom stereocenters. The Balaban J connectivity index is 1.99. The van der Waals surface area contributed by atoms with E-state index in [1.165, 1.54) is 0 Å². The first-order valence-corrected chi connectivity index (χ1v) is 6.01. The molecule has 1 fully saturated rings. The van der Waals surface area contributed by atoms with Crippen molar-refractivity contribution >= 4 is 5.91 Å². The zero-order valence-electron chi connectivity index (χ0n) is 10.3. The summed E-state index contributed by atoms with van der Waals surface area (Å²) in [5.74, 6) is 0.151. The second kappa shape index (κ2) is 4.49. The van der Waals surface area contributed by atoms with Crippen molar-refractivity contribution in [2.24, 2.45) is 11.3 Å². The molecule has 1 saturated carbocycles. The fourth-order valence-corrected chi connectivity index (χ4v) is 2.11. The van der Waals surface area contributed by atoms with Crippen LogP contribution in [0.1, 0.15) is 31.9 Å². The van der Waals surface area contributed by atoms with Crippen molar-refractivity contribution < 1.29 is 9.90 Å². The third-order valence-corrected chi connectivity index (χ3v) is 3.53. The fraction of sp³-hybridized carbons (Fsp3) is 0.500. The van der Waals surface area contributed by atoms with Crippen LogP contribution in [-0.4, -0.2) is 17.6 Å². The summed E-state index contributed by atoms with van der Waals surface area (Å²) in [6.45, 7) is 4.12. The number of aliphatic hydroxyl groups excluding tert-OH is 1. The van der Waals surface area contributed by atoms with Crippen LogP contribution in [-0.2, 0) is 4.79 Å². The smallest absolute Gasteiger partial charge is 0.224 e. The van der Waals surface area contributed by atoms with Crippen LogP contribution >= 0.6 is 0 Å². The Morgan fingerprint density at radius 1 is 1.47 bits per heavy atom. The average Bonchev–Trinajstić information content (AvgIpc) is 2.96. The minimum absolute atomic E-state index is 0.0536. The molecule has 1 aliphatic rings. The van der Waals surface area contributed by atoms with Gasteiger partial charge in [-0.15, -0.1) is 0 Å². The first-order chi connectivity index (χ1) is 8.04. The highest BCUT2D eigenvalue weighted by Gasteiger charge is 2.50. The lowest BCUT2D eigenvalue weighted by molar-refractivity contribution is -0.124. The normalized spacial score (nSPS) is 22.9. The average molecular weight is 233 g/mol. The van der Waals surface area contributed by atoms with Gasteiger partial charge < -0.3 is 10.4 Å². The van der Waals surface area contributed by atoms with Gasteiger partial charge in [0.1, 0.15) is 0 Å². The molecular formula is C14H19NO2. The van der Waals surface area contributed by atoms with Gasteiger partial charge in [-0.3, -0.25) is 4.79 Å². The van der Waals surface area contributed by atoms with E-state index in [0.717, 1.165) is 12.0 Å². The molecule has 0 heterocycles. The van der Waals surface area contributed by atoms with Crippen LogP contribution in [0.15, 0.2) is 30.3 Å². The van der Waals surface area contributed by atoms with Crippen LogP contribution in [0.2, 0.25) is 0 Å². The molecule has 0 saturated heterocycles. The number of nitrogens with one attached hydrogen (secondary N) is 1. The summed E-state index contributed by atoms with van der Waals surface area (Å²) in [7, 11) is 0. The quantitative estimate of drug-likeness (QED) is 0.834. The molecule has 1 amide bonds. The summed E-state index contributed by atoms with van der Waals surface area (Å²) in [5.41, 5.74) is 1.07. The van der Waals surface area contributed by atoms with Gasteiger partial charge in [-0.05, 0) is 17.4 Å². The Bertz CT molecular complexity index is 400. The molecular weight excluding hydrogens is 214 g/mol. The monoisotopic (exact) mass is 233 g/mol. The van der Waals surface area contributed by atoms with Gasteiger partial charge in [0.05, 0.1) is 12.6 Å². The summed E-state index contributed by atoms with van der Waals surface area (Å²) in [5, 5.41) is 12.3. The zero-order valence-corrected chi connectivity index (χ0v) is 10.3. The highest BCUT2D eigenvalue weighted by Crippen LogP contribution is 2.51. The summed E-state index contributed by atoms with van der Waals surface area (Å²) >= 11 is 0. The molecule has 0 radical (unpaired) electrons. The molecule has 92 valence electrons. The summed E-state index contributed by atoms with van der Waals surface area (Å²) < 4.78 is 0. The standard InChI is InChI=1S/C14H19NO2/c1-14(2)8-11(14)13(17)15-12(9-16)10-6-4-3-5-7-10/h3-7,11-12,16H,8-9H2,1-2H3,(H,15,17). The lowest BCUT2D eigenvalue weighted by atomic mass is 10.1. The number of amides is 1. The van der Waals surface area contributed by atoms with E-state index in [1.807, 2.05) is 30.3 Å². The third kappa shape index (κ3) is 2.67. The molecule has 0 bridgehead atoms. The van der Waals surface area contributed by atoms with Gasteiger partial charge in [0.2, 0.25) is 5.91 Å². The second-order valence-corrected chi connectivity index (χ2v) is 5.40. The number of rotatable bonds is 4. The molecule has 0 aromatic heterocycles. The Morgan fingerprint density at radius 3 is 2.53 bits per heavy atom. The molecule has 0 spiro atoms. The maximum atomic E-state index is 11.9. The highest BCUT2D eigenvalue weighted by atomic mass is 16.3. The number of carbonyl (C=O) groups is 1. The van der Waals surface area contributed by atoms with Crippen LogP contribution in [0.4, 0.5) is 0 Å². The Hall–Kier alpha value is -1.35. The highest BCUT2D eigenvalue weighted by molar-refractivity contribution is 5.82. The fourth-order valence-electron chi connectivity index (χ4n) is 2.11. The van der Waals surface area contributed by atoms with Crippen molar-refractivity contribution in [2.45, 2.75) is 26.3 Å². The van der Waals surface area contributed by atoms with Gasteiger partial charge in [0.15, 0.2) is 0 Å². The number of benzene rings is 1. The largest absolute Gasteiger partial charge is 0.394 e. The van der Waals surface area contributed by atoms with Gasteiger partial charge in [0.25, 0.3) is 0 Å². The SMILES string of the molecule is CC1(C)CC1C(=O)NC(CO)c1ccccc1. The van der Waals surface area contributed by atoms with Crippen LogP contribution in [0.3, 0.4) is 0 Å². The molecule has 1 aromatic carbocycles. The first-order valence-electron chi connectivity index (χ1n) is 6.01. The zero-order chi connectivity index (χ0) is 12.5. The van der Waals surface area contributed by atoms with Gasteiger partial charge in [-0.1, -0.05) is 44.2 Å². The molecule has 2 rings (SSSR count). The molecule has 2 unspecified atom stereocenters. The van der Waals surface area contributed by atoms with E-state index < -0.39 is 0 Å². The summed E-state index contributed by atoms with van der Waals surface area (Å²) in [6.07, 6.45) is 0.936. The van der Waals surface area contributed by atoms with E-state index in [2.05, 4.69) is 19.2 Å². The molecule has 3 heteroatoms. The van der Waals surface area contributed by atoms with Gasteiger partial charge in [0, 0.05) is 5.92 Å². The topological polar surface area (TPSA) is 49.3 Å². The Kier molecular flexibility index (Phi) is 3.20. The minimum atomic E-state index is -0.292. The van der Waals surface area contributed by atoms with Gasteiger partial charge in [-0.2, -0.15) is 0 Å². The lowest BCUT2D eigenvalue weighted by Crippen LogP contribution is -2.32. The molecule has 1 aliphatic carbocycles. The van der Waals surface area contributed by atoms with Crippen molar-refractivity contribution in [1.29, 1.82) is 0 Å². The van der Waals surface area contributed by atoms with Crippen LogP contribution < -0.4 is 5.32 Å². The molecule has 3 nitrogen and oxygen atoms in total. The van der Waals surface area contributed by atoms with E-state index in [0.29, 0.717) is 0 Å². The van der Waals surface area contributed by atoms with E-state index in [4.69, 9.17) is 0 Å². The predicted molar refractivity (Wildman–Crippen MR) is 66.3 cm³/mol. The van der Waals surface area contributed by atoms with Crippen molar-refractivity contribution in [3.05, 3.63) is 35.9 Å². The summed E-state index contributed by atoms with van der Waals surface area (Å²) in [4.78, 5) is 11.9. The molecule has 0 aliphatic heterocycles. The van der Waals surface area contributed by atoms with Crippen LogP contribution in [0, 0.1) is 11.3 Å². The Labute approximate surface area is 102 Å². The van der Waals surface area contributed by atoms with Gasteiger partial charge >= 0.3 is 0 Å². The summed E-state index contributed by atoms with van der Waals surface area (Å²) in [6, 6.07) is 9.28. The minimum Gasteiger partial charge on any atom is -0.394 e.